The summed E-state index contributed by atoms with van der Waals surface area (Å²) in [6, 6.07) is 14.3. The fraction of sp³-hybridized carbons (Fsp3) is 0.500. The van der Waals surface area contributed by atoms with Crippen molar-refractivity contribution in [3.63, 3.8) is 0 Å². The summed E-state index contributed by atoms with van der Waals surface area (Å²) in [6.45, 7) is 6.39. The highest BCUT2D eigenvalue weighted by molar-refractivity contribution is 6.27. The average Bonchev–Trinajstić information content (AvgIpc) is 2.85. The maximum atomic E-state index is 13.8. The Morgan fingerprint density at radius 2 is 1.74 bits per heavy atom. The molecule has 0 heterocycles. The highest BCUT2D eigenvalue weighted by Gasteiger charge is 2.33. The van der Waals surface area contributed by atoms with Crippen molar-refractivity contribution in [3.05, 3.63) is 59.7 Å². The molecule has 1 fully saturated rings. The number of carbonyl (C=O) groups excluding carboxylic acids is 2. The standard InChI is InChI=1S/C28H37ClN2O4/c1-19(2)35-24-15-12-22(16-25(24)34-4)27(28(33)30-23-13-10-20(3)11-14-23)31(26(32)17-29)18-21-8-6-5-7-9-21/h5-9,12,15-16,19-20,23,27H,10-11,13-14,17-18H2,1-4H3,(H,30,33). The van der Waals surface area contributed by atoms with Crippen LogP contribution < -0.4 is 14.8 Å². The number of benzene rings is 2. The van der Waals surface area contributed by atoms with Crippen LogP contribution in [0.4, 0.5) is 0 Å². The quantitative estimate of drug-likeness (QED) is 0.438. The number of methoxy groups -OCH3 is 1. The van der Waals surface area contributed by atoms with Crippen LogP contribution in [0.2, 0.25) is 0 Å². The molecular weight excluding hydrogens is 464 g/mol. The van der Waals surface area contributed by atoms with Crippen LogP contribution in [0.5, 0.6) is 11.5 Å². The number of rotatable bonds is 10. The third kappa shape index (κ3) is 7.38. The van der Waals surface area contributed by atoms with Gasteiger partial charge in [0, 0.05) is 12.6 Å². The van der Waals surface area contributed by atoms with Gasteiger partial charge >= 0.3 is 0 Å². The van der Waals surface area contributed by atoms with E-state index in [1.165, 1.54) is 0 Å². The van der Waals surface area contributed by atoms with Crippen LogP contribution >= 0.6 is 11.6 Å². The minimum atomic E-state index is -0.859. The van der Waals surface area contributed by atoms with Crippen molar-refractivity contribution in [3.8, 4) is 11.5 Å². The van der Waals surface area contributed by atoms with Crippen molar-refractivity contribution in [2.45, 2.75) is 71.2 Å². The maximum absolute atomic E-state index is 13.8. The molecule has 0 aliphatic heterocycles. The van der Waals surface area contributed by atoms with E-state index in [1.807, 2.05) is 50.2 Å². The van der Waals surface area contributed by atoms with Gasteiger partial charge in [-0.3, -0.25) is 9.59 Å². The zero-order valence-corrected chi connectivity index (χ0v) is 21.9. The van der Waals surface area contributed by atoms with Crippen LogP contribution in [0, 0.1) is 5.92 Å². The predicted octanol–water partition coefficient (Wildman–Crippen LogP) is 5.49. The molecule has 0 bridgehead atoms. The van der Waals surface area contributed by atoms with Gasteiger partial charge in [0.2, 0.25) is 11.8 Å². The van der Waals surface area contributed by atoms with E-state index in [1.54, 1.807) is 24.1 Å². The van der Waals surface area contributed by atoms with Crippen molar-refractivity contribution in [2.75, 3.05) is 13.0 Å². The lowest BCUT2D eigenvalue weighted by Gasteiger charge is -2.34. The van der Waals surface area contributed by atoms with Gasteiger partial charge in [-0.25, -0.2) is 0 Å². The number of halogens is 1. The first-order valence-corrected chi connectivity index (χ1v) is 12.9. The van der Waals surface area contributed by atoms with Crippen LogP contribution in [0.3, 0.4) is 0 Å². The Kier molecular flexibility index (Phi) is 9.84. The summed E-state index contributed by atoms with van der Waals surface area (Å²) in [5.41, 5.74) is 1.57. The molecule has 1 atom stereocenters. The second kappa shape index (κ2) is 12.8. The minimum Gasteiger partial charge on any atom is -0.493 e. The van der Waals surface area contributed by atoms with E-state index < -0.39 is 6.04 Å². The van der Waals surface area contributed by atoms with Gasteiger partial charge < -0.3 is 19.7 Å². The second-order valence-corrected chi connectivity index (χ2v) is 9.85. The van der Waals surface area contributed by atoms with Gasteiger partial charge in [0.05, 0.1) is 13.2 Å². The Balaban J connectivity index is 1.99. The summed E-state index contributed by atoms with van der Waals surface area (Å²) in [7, 11) is 1.57. The van der Waals surface area contributed by atoms with Crippen LogP contribution in [-0.2, 0) is 16.1 Å². The highest BCUT2D eigenvalue weighted by Crippen LogP contribution is 2.34. The summed E-state index contributed by atoms with van der Waals surface area (Å²) in [5, 5.41) is 3.22. The van der Waals surface area contributed by atoms with Crippen molar-refractivity contribution in [1.82, 2.24) is 10.2 Å². The van der Waals surface area contributed by atoms with E-state index in [4.69, 9.17) is 21.1 Å². The molecule has 1 saturated carbocycles. The van der Waals surface area contributed by atoms with Crippen molar-refractivity contribution in [1.29, 1.82) is 0 Å². The summed E-state index contributed by atoms with van der Waals surface area (Å²) in [4.78, 5) is 28.4. The summed E-state index contributed by atoms with van der Waals surface area (Å²) >= 11 is 6.03. The number of hydrogen-bond acceptors (Lipinski definition) is 4. The lowest BCUT2D eigenvalue weighted by Crippen LogP contribution is -2.47. The fourth-order valence-electron chi connectivity index (χ4n) is 4.54. The maximum Gasteiger partial charge on any atom is 0.247 e. The van der Waals surface area contributed by atoms with Gasteiger partial charge in [0.1, 0.15) is 11.9 Å². The zero-order chi connectivity index (χ0) is 25.4. The molecule has 1 unspecified atom stereocenters. The van der Waals surface area contributed by atoms with Crippen LogP contribution in [0.15, 0.2) is 48.5 Å². The van der Waals surface area contributed by atoms with Gasteiger partial charge in [0.25, 0.3) is 0 Å². The molecule has 0 radical (unpaired) electrons. The Bertz CT molecular complexity index is 974. The molecule has 2 amide bonds. The van der Waals surface area contributed by atoms with E-state index in [-0.39, 0.29) is 36.4 Å². The normalized spacial score (nSPS) is 18.6. The highest BCUT2D eigenvalue weighted by atomic mass is 35.5. The molecule has 1 aliphatic rings. The largest absolute Gasteiger partial charge is 0.493 e. The smallest absolute Gasteiger partial charge is 0.247 e. The van der Waals surface area contributed by atoms with Gasteiger partial charge in [0.15, 0.2) is 11.5 Å². The van der Waals surface area contributed by atoms with Crippen molar-refractivity contribution >= 4 is 23.4 Å². The fourth-order valence-corrected chi connectivity index (χ4v) is 4.70. The summed E-state index contributed by atoms with van der Waals surface area (Å²) in [6.07, 6.45) is 4.01. The molecule has 6 nitrogen and oxygen atoms in total. The summed E-state index contributed by atoms with van der Waals surface area (Å²) in [5.74, 6) is 1.03. The monoisotopic (exact) mass is 500 g/mol. The minimum absolute atomic E-state index is 0.0325. The Morgan fingerprint density at radius 1 is 1.06 bits per heavy atom. The molecular formula is C28H37ClN2O4. The zero-order valence-electron chi connectivity index (χ0n) is 21.1. The molecule has 0 aromatic heterocycles. The molecule has 35 heavy (non-hydrogen) atoms. The van der Waals surface area contributed by atoms with E-state index >= 15 is 0 Å². The number of nitrogens with zero attached hydrogens (tertiary/aromatic N) is 1. The molecule has 190 valence electrons. The third-order valence-corrected chi connectivity index (χ3v) is 6.65. The van der Waals surface area contributed by atoms with Gasteiger partial charge in [-0.15, -0.1) is 11.6 Å². The molecule has 0 spiro atoms. The number of ether oxygens (including phenoxy) is 2. The Labute approximate surface area is 213 Å². The van der Waals surface area contributed by atoms with Crippen molar-refractivity contribution in [2.24, 2.45) is 5.92 Å². The number of amides is 2. The molecule has 1 aliphatic carbocycles. The summed E-state index contributed by atoms with van der Waals surface area (Å²) < 4.78 is 11.4. The molecule has 2 aromatic carbocycles. The van der Waals surface area contributed by atoms with E-state index in [2.05, 4.69) is 12.2 Å². The lowest BCUT2D eigenvalue weighted by atomic mass is 9.87. The first-order chi connectivity index (χ1) is 16.8. The first-order valence-electron chi connectivity index (χ1n) is 12.4. The number of nitrogens with one attached hydrogen (secondary N) is 1. The number of carbonyl (C=O) groups is 2. The van der Waals surface area contributed by atoms with Crippen LogP contribution in [0.1, 0.15) is 63.6 Å². The number of hydrogen-bond donors (Lipinski definition) is 1. The molecule has 3 rings (SSSR count). The van der Waals surface area contributed by atoms with Gasteiger partial charge in [-0.1, -0.05) is 43.3 Å². The Hall–Kier alpha value is -2.73. The van der Waals surface area contributed by atoms with Crippen LogP contribution in [-0.4, -0.2) is 41.8 Å². The lowest BCUT2D eigenvalue weighted by molar-refractivity contribution is -0.140. The molecule has 1 N–H and O–H groups in total. The molecule has 2 aromatic rings. The second-order valence-electron chi connectivity index (χ2n) is 9.59. The molecule has 0 saturated heterocycles. The topological polar surface area (TPSA) is 67.9 Å². The van der Waals surface area contributed by atoms with Crippen LogP contribution in [0.25, 0.3) is 0 Å². The van der Waals surface area contributed by atoms with E-state index in [0.29, 0.717) is 23.0 Å². The number of alkyl halides is 1. The van der Waals surface area contributed by atoms with E-state index in [0.717, 1.165) is 31.2 Å². The Morgan fingerprint density at radius 3 is 2.34 bits per heavy atom. The van der Waals surface area contributed by atoms with Gasteiger partial charge in [-0.05, 0) is 68.7 Å². The predicted molar refractivity (Wildman–Crippen MR) is 139 cm³/mol. The first kappa shape index (κ1) is 26.9. The van der Waals surface area contributed by atoms with E-state index in [9.17, 15) is 9.59 Å². The average molecular weight is 501 g/mol. The third-order valence-electron chi connectivity index (χ3n) is 6.42. The molecule has 7 heteroatoms. The SMILES string of the molecule is COc1cc(C(C(=O)NC2CCC(C)CC2)N(Cc2ccccc2)C(=O)CCl)ccc1OC(C)C. The van der Waals surface area contributed by atoms with Gasteiger partial charge in [-0.2, -0.15) is 0 Å². The van der Waals surface area contributed by atoms with Crippen molar-refractivity contribution < 1.29 is 19.1 Å².